The Morgan fingerprint density at radius 1 is 0.972 bits per heavy atom. The zero-order valence-electron chi connectivity index (χ0n) is 20.3. The summed E-state index contributed by atoms with van der Waals surface area (Å²) in [6, 6.07) is 23.9. The molecule has 1 N–H and O–H groups in total. The summed E-state index contributed by atoms with van der Waals surface area (Å²) in [5.74, 6) is 0.364. The number of ketones is 1. The smallest absolute Gasteiger partial charge is 0.229 e. The van der Waals surface area contributed by atoms with E-state index in [0.717, 1.165) is 28.6 Å². The number of anilines is 1. The van der Waals surface area contributed by atoms with Gasteiger partial charge in [-0.2, -0.15) is 0 Å². The van der Waals surface area contributed by atoms with Crippen molar-refractivity contribution >= 4 is 33.1 Å². The molecule has 1 aromatic heterocycles. The van der Waals surface area contributed by atoms with Gasteiger partial charge in [0.2, 0.25) is 15.8 Å². The lowest BCUT2D eigenvalue weighted by Crippen LogP contribution is -2.12. The summed E-state index contributed by atoms with van der Waals surface area (Å²) < 4.78 is 34.2. The molecule has 0 amide bonds. The van der Waals surface area contributed by atoms with E-state index in [-0.39, 0.29) is 5.78 Å². The van der Waals surface area contributed by atoms with Crippen LogP contribution in [0.25, 0.3) is 0 Å². The molecule has 0 unspecified atom stereocenters. The molecule has 0 aliphatic rings. The van der Waals surface area contributed by atoms with Crippen LogP contribution in [0.2, 0.25) is 5.02 Å². The SMILES string of the molecule is Cc1cc(Cc2ccc(NS(C)(=O)=O)c(OCc3ccccc3)c2)n(C)c1C(=O)c1ccc(Cl)cc1. The van der Waals surface area contributed by atoms with Crippen molar-refractivity contribution in [1.29, 1.82) is 0 Å². The van der Waals surface area contributed by atoms with Crippen molar-refractivity contribution in [2.45, 2.75) is 20.0 Å². The van der Waals surface area contributed by atoms with E-state index < -0.39 is 10.0 Å². The fourth-order valence-electron chi connectivity index (χ4n) is 4.09. The van der Waals surface area contributed by atoms with Crippen LogP contribution in [0.1, 0.15) is 38.4 Å². The molecule has 0 spiro atoms. The lowest BCUT2D eigenvalue weighted by Gasteiger charge is -2.15. The van der Waals surface area contributed by atoms with Crippen LogP contribution in [-0.4, -0.2) is 25.0 Å². The Morgan fingerprint density at radius 3 is 2.33 bits per heavy atom. The number of hydrogen-bond donors (Lipinski definition) is 1. The van der Waals surface area contributed by atoms with Crippen LogP contribution in [0.15, 0.2) is 78.9 Å². The number of hydrogen-bond acceptors (Lipinski definition) is 4. The fraction of sp³-hybridized carbons (Fsp3) is 0.179. The second-order valence-corrected chi connectivity index (χ2v) is 10.9. The maximum atomic E-state index is 13.2. The van der Waals surface area contributed by atoms with E-state index in [2.05, 4.69) is 4.72 Å². The van der Waals surface area contributed by atoms with Crippen molar-refractivity contribution in [3.05, 3.63) is 118 Å². The zero-order valence-corrected chi connectivity index (χ0v) is 21.9. The Balaban J connectivity index is 1.62. The van der Waals surface area contributed by atoms with Gasteiger partial charge in [-0.3, -0.25) is 9.52 Å². The Morgan fingerprint density at radius 2 is 1.67 bits per heavy atom. The third-order valence-electron chi connectivity index (χ3n) is 5.81. The summed E-state index contributed by atoms with van der Waals surface area (Å²) in [7, 11) is -1.61. The van der Waals surface area contributed by atoms with Gasteiger partial charge in [0.25, 0.3) is 0 Å². The van der Waals surface area contributed by atoms with Crippen molar-refractivity contribution in [1.82, 2.24) is 4.57 Å². The van der Waals surface area contributed by atoms with Gasteiger partial charge in [0, 0.05) is 29.7 Å². The third kappa shape index (κ3) is 6.17. The van der Waals surface area contributed by atoms with Gasteiger partial charge in [-0.25, -0.2) is 8.42 Å². The predicted octanol–water partition coefficient (Wildman–Crippen LogP) is 5.76. The minimum Gasteiger partial charge on any atom is -0.487 e. The molecular formula is C28H27ClN2O4S. The van der Waals surface area contributed by atoms with Crippen molar-refractivity contribution in [3.8, 4) is 5.75 Å². The highest BCUT2D eigenvalue weighted by molar-refractivity contribution is 7.92. The van der Waals surface area contributed by atoms with E-state index in [1.807, 2.05) is 67.1 Å². The molecule has 4 rings (SSSR count). The molecular weight excluding hydrogens is 496 g/mol. The van der Waals surface area contributed by atoms with Crippen molar-refractivity contribution in [2.24, 2.45) is 7.05 Å². The van der Waals surface area contributed by atoms with Gasteiger partial charge >= 0.3 is 0 Å². The van der Waals surface area contributed by atoms with Crippen LogP contribution in [0.5, 0.6) is 5.75 Å². The van der Waals surface area contributed by atoms with Gasteiger partial charge in [0.05, 0.1) is 17.6 Å². The predicted molar refractivity (Wildman–Crippen MR) is 144 cm³/mol. The quantitative estimate of drug-likeness (QED) is 0.283. The summed E-state index contributed by atoms with van der Waals surface area (Å²) in [6.45, 7) is 2.21. The molecule has 3 aromatic carbocycles. The molecule has 0 aliphatic carbocycles. The molecule has 0 atom stereocenters. The molecule has 1 heterocycles. The normalized spacial score (nSPS) is 11.3. The molecule has 6 nitrogen and oxygen atoms in total. The summed E-state index contributed by atoms with van der Waals surface area (Å²) in [5.41, 5.74) is 5.27. The lowest BCUT2D eigenvalue weighted by atomic mass is 10.1. The monoisotopic (exact) mass is 522 g/mol. The second-order valence-electron chi connectivity index (χ2n) is 8.72. The van der Waals surface area contributed by atoms with Gasteiger partial charge in [-0.05, 0) is 66.1 Å². The van der Waals surface area contributed by atoms with Gasteiger partial charge in [0.1, 0.15) is 12.4 Å². The minimum atomic E-state index is -3.48. The number of aromatic nitrogens is 1. The number of nitrogens with zero attached hydrogens (tertiary/aromatic N) is 1. The van der Waals surface area contributed by atoms with Crippen LogP contribution in [0.4, 0.5) is 5.69 Å². The van der Waals surface area contributed by atoms with E-state index in [4.69, 9.17) is 16.3 Å². The van der Waals surface area contributed by atoms with Gasteiger partial charge < -0.3 is 9.30 Å². The van der Waals surface area contributed by atoms with Crippen LogP contribution >= 0.6 is 11.6 Å². The second kappa shape index (κ2) is 10.6. The summed E-state index contributed by atoms with van der Waals surface area (Å²) in [5, 5.41) is 0.579. The summed E-state index contributed by atoms with van der Waals surface area (Å²) in [4.78, 5) is 13.2. The molecule has 0 fully saturated rings. The number of ether oxygens (including phenoxy) is 1. The highest BCUT2D eigenvalue weighted by Gasteiger charge is 2.19. The number of halogens is 1. The third-order valence-corrected chi connectivity index (χ3v) is 6.65. The number of nitrogens with one attached hydrogen (secondary N) is 1. The van der Waals surface area contributed by atoms with Gasteiger partial charge in [-0.1, -0.05) is 48.0 Å². The van der Waals surface area contributed by atoms with E-state index in [1.54, 1.807) is 30.3 Å². The standard InChI is InChI=1S/C28H27ClN2O4S/c1-19-15-24(31(2)27(19)28(32)22-10-12-23(29)13-11-22)16-21-9-14-25(30-36(3,33)34)26(17-21)35-18-20-7-5-4-6-8-20/h4-15,17,30H,16,18H2,1-3H3. The molecule has 0 aliphatic heterocycles. The maximum absolute atomic E-state index is 13.2. The first-order valence-corrected chi connectivity index (χ1v) is 13.6. The van der Waals surface area contributed by atoms with Crippen LogP contribution in [0, 0.1) is 6.92 Å². The largest absolute Gasteiger partial charge is 0.487 e. The molecule has 0 saturated carbocycles. The topological polar surface area (TPSA) is 77.4 Å². The molecule has 4 aromatic rings. The Labute approximate surface area is 216 Å². The Bertz CT molecular complexity index is 1490. The van der Waals surface area contributed by atoms with Gasteiger partial charge in [-0.15, -0.1) is 0 Å². The maximum Gasteiger partial charge on any atom is 0.229 e. The minimum absolute atomic E-state index is 0.0718. The zero-order chi connectivity index (χ0) is 25.9. The van der Waals surface area contributed by atoms with Crippen molar-refractivity contribution < 1.29 is 17.9 Å². The van der Waals surface area contributed by atoms with E-state index in [9.17, 15) is 13.2 Å². The van der Waals surface area contributed by atoms with Crippen LogP contribution in [0.3, 0.4) is 0 Å². The summed E-state index contributed by atoms with van der Waals surface area (Å²) in [6.07, 6.45) is 1.64. The molecule has 8 heteroatoms. The Kier molecular flexibility index (Phi) is 7.52. The molecule has 36 heavy (non-hydrogen) atoms. The number of sulfonamides is 1. The van der Waals surface area contributed by atoms with Crippen molar-refractivity contribution in [3.63, 3.8) is 0 Å². The first-order chi connectivity index (χ1) is 17.1. The van der Waals surface area contributed by atoms with Crippen molar-refractivity contribution in [2.75, 3.05) is 11.0 Å². The highest BCUT2D eigenvalue weighted by atomic mass is 35.5. The molecule has 0 radical (unpaired) electrons. The van der Waals surface area contributed by atoms with Crippen LogP contribution < -0.4 is 9.46 Å². The number of aryl methyl sites for hydroxylation is 1. The molecule has 0 saturated heterocycles. The number of benzene rings is 3. The number of carbonyl (C=O) groups excluding carboxylic acids is 1. The highest BCUT2D eigenvalue weighted by Crippen LogP contribution is 2.30. The van der Waals surface area contributed by atoms with E-state index in [1.165, 1.54) is 0 Å². The average molecular weight is 523 g/mol. The fourth-order valence-corrected chi connectivity index (χ4v) is 4.78. The first-order valence-electron chi connectivity index (χ1n) is 11.3. The number of carbonyl (C=O) groups is 1. The first kappa shape index (κ1) is 25.5. The van der Waals surface area contributed by atoms with Crippen LogP contribution in [-0.2, 0) is 30.1 Å². The van der Waals surface area contributed by atoms with Gasteiger partial charge in [0.15, 0.2) is 0 Å². The average Bonchev–Trinajstić information content (AvgIpc) is 3.11. The lowest BCUT2D eigenvalue weighted by molar-refractivity contribution is 0.103. The van der Waals surface area contributed by atoms with E-state index >= 15 is 0 Å². The Hall–Kier alpha value is -3.55. The summed E-state index contributed by atoms with van der Waals surface area (Å²) >= 11 is 5.97. The number of rotatable bonds is 9. The molecule has 186 valence electrons. The van der Waals surface area contributed by atoms with E-state index in [0.29, 0.717) is 40.7 Å². The molecule has 0 bridgehead atoms.